The van der Waals surface area contributed by atoms with Crippen molar-refractivity contribution in [2.24, 2.45) is 5.73 Å². The Kier molecular flexibility index (Phi) is 6.44. The van der Waals surface area contributed by atoms with Gasteiger partial charge in [0, 0.05) is 6.04 Å². The lowest BCUT2D eigenvalue weighted by molar-refractivity contribution is 0.0526. The molecule has 1 aromatic rings. The molecule has 0 saturated heterocycles. The van der Waals surface area contributed by atoms with Gasteiger partial charge < -0.3 is 10.5 Å². The van der Waals surface area contributed by atoms with Gasteiger partial charge in [-0.15, -0.1) is 0 Å². The van der Waals surface area contributed by atoms with Crippen molar-refractivity contribution in [1.82, 2.24) is 0 Å². The summed E-state index contributed by atoms with van der Waals surface area (Å²) in [5, 5.41) is 0. The number of carbonyl (C=O) groups is 1. The van der Waals surface area contributed by atoms with Crippen molar-refractivity contribution < 1.29 is 9.53 Å². The van der Waals surface area contributed by atoms with E-state index in [4.69, 9.17) is 10.5 Å². The minimum Gasteiger partial charge on any atom is -0.462 e. The van der Waals surface area contributed by atoms with Crippen molar-refractivity contribution in [3.8, 4) is 0 Å². The molecule has 3 nitrogen and oxygen atoms in total. The molecule has 0 saturated carbocycles. The van der Waals surface area contributed by atoms with Crippen LogP contribution in [-0.4, -0.2) is 12.6 Å². The van der Waals surface area contributed by atoms with Crippen molar-refractivity contribution in [1.29, 1.82) is 0 Å². The molecule has 0 fully saturated rings. The van der Waals surface area contributed by atoms with E-state index in [9.17, 15) is 4.79 Å². The maximum atomic E-state index is 11.5. The first kappa shape index (κ1) is 14.7. The topological polar surface area (TPSA) is 52.3 Å². The molecule has 1 rings (SSSR count). The summed E-state index contributed by atoms with van der Waals surface area (Å²) >= 11 is 0. The van der Waals surface area contributed by atoms with E-state index in [0.29, 0.717) is 12.2 Å². The number of hydrogen-bond donors (Lipinski definition) is 1. The molecule has 0 aliphatic heterocycles. The third-order valence-electron chi connectivity index (χ3n) is 2.97. The van der Waals surface area contributed by atoms with Gasteiger partial charge in [0.05, 0.1) is 12.2 Å². The lowest BCUT2D eigenvalue weighted by Gasteiger charge is -2.12. The number of carbonyl (C=O) groups excluding carboxylic acids is 1. The van der Waals surface area contributed by atoms with Gasteiger partial charge in [-0.3, -0.25) is 0 Å². The first-order chi connectivity index (χ1) is 8.69. The molecule has 2 N–H and O–H groups in total. The maximum absolute atomic E-state index is 11.5. The van der Waals surface area contributed by atoms with Gasteiger partial charge in [0.1, 0.15) is 0 Å². The number of nitrogens with two attached hydrogens (primary N) is 1. The van der Waals surface area contributed by atoms with E-state index >= 15 is 0 Å². The molecule has 0 spiro atoms. The average Bonchev–Trinajstić information content (AvgIpc) is 2.39. The monoisotopic (exact) mass is 249 g/mol. The summed E-state index contributed by atoms with van der Waals surface area (Å²) in [5.74, 6) is -0.274. The van der Waals surface area contributed by atoms with Crippen molar-refractivity contribution in [3.05, 3.63) is 35.4 Å². The first-order valence-corrected chi connectivity index (χ1v) is 6.71. The predicted octanol–water partition coefficient (Wildman–Crippen LogP) is 3.44. The van der Waals surface area contributed by atoms with Crippen molar-refractivity contribution in [3.63, 3.8) is 0 Å². The molecule has 1 aromatic carbocycles. The SMILES string of the molecule is CCCCCC(N)c1ccc(C(=O)OCC)cc1. The van der Waals surface area contributed by atoms with Crippen LogP contribution in [0.25, 0.3) is 0 Å². The Labute approximate surface area is 109 Å². The van der Waals surface area contributed by atoms with Crippen LogP contribution in [0.4, 0.5) is 0 Å². The highest BCUT2D eigenvalue weighted by Gasteiger charge is 2.09. The van der Waals surface area contributed by atoms with Crippen LogP contribution >= 0.6 is 0 Å². The zero-order valence-electron chi connectivity index (χ0n) is 11.3. The van der Waals surface area contributed by atoms with Crippen LogP contribution in [0.3, 0.4) is 0 Å². The normalized spacial score (nSPS) is 12.2. The van der Waals surface area contributed by atoms with Gasteiger partial charge in [-0.1, -0.05) is 38.3 Å². The lowest BCUT2D eigenvalue weighted by Crippen LogP contribution is -2.11. The molecule has 1 unspecified atom stereocenters. The first-order valence-electron chi connectivity index (χ1n) is 6.71. The number of hydrogen-bond acceptors (Lipinski definition) is 3. The minimum absolute atomic E-state index is 0.0628. The number of unbranched alkanes of at least 4 members (excludes halogenated alkanes) is 2. The van der Waals surface area contributed by atoms with Crippen molar-refractivity contribution >= 4 is 5.97 Å². The molecule has 100 valence electrons. The molecule has 18 heavy (non-hydrogen) atoms. The second-order valence-corrected chi connectivity index (χ2v) is 4.44. The predicted molar refractivity (Wildman–Crippen MR) is 73.5 cm³/mol. The van der Waals surface area contributed by atoms with Gasteiger partial charge in [-0.25, -0.2) is 4.79 Å². The number of rotatable bonds is 7. The molecule has 0 bridgehead atoms. The van der Waals surface area contributed by atoms with Gasteiger partial charge in [-0.2, -0.15) is 0 Å². The van der Waals surface area contributed by atoms with E-state index in [-0.39, 0.29) is 12.0 Å². The van der Waals surface area contributed by atoms with Crippen LogP contribution in [0.1, 0.15) is 61.5 Å². The molecule has 0 radical (unpaired) electrons. The standard InChI is InChI=1S/C15H23NO2/c1-3-5-6-7-14(16)12-8-10-13(11-9-12)15(17)18-4-2/h8-11,14H,3-7,16H2,1-2H3. The summed E-state index contributed by atoms with van der Waals surface area (Å²) in [6, 6.07) is 7.47. The van der Waals surface area contributed by atoms with Crippen LogP contribution in [-0.2, 0) is 4.74 Å². The lowest BCUT2D eigenvalue weighted by atomic mass is 10.0. The van der Waals surface area contributed by atoms with Crippen LogP contribution in [0.5, 0.6) is 0 Å². The van der Waals surface area contributed by atoms with Crippen molar-refractivity contribution in [2.75, 3.05) is 6.61 Å². The van der Waals surface area contributed by atoms with E-state index in [1.54, 1.807) is 19.1 Å². The molecule has 0 aliphatic rings. The third-order valence-corrected chi connectivity index (χ3v) is 2.97. The summed E-state index contributed by atoms with van der Waals surface area (Å²) in [7, 11) is 0. The zero-order valence-corrected chi connectivity index (χ0v) is 11.3. The quantitative estimate of drug-likeness (QED) is 0.595. The molecule has 1 atom stereocenters. The van der Waals surface area contributed by atoms with E-state index in [1.807, 2.05) is 12.1 Å². The summed E-state index contributed by atoms with van der Waals surface area (Å²) in [6.07, 6.45) is 4.56. The molecular weight excluding hydrogens is 226 g/mol. The molecular formula is C15H23NO2. The molecule has 0 amide bonds. The summed E-state index contributed by atoms with van der Waals surface area (Å²) in [5.41, 5.74) is 7.77. The van der Waals surface area contributed by atoms with E-state index in [2.05, 4.69) is 6.92 Å². The van der Waals surface area contributed by atoms with Gasteiger partial charge >= 0.3 is 5.97 Å². The third kappa shape index (κ3) is 4.49. The Morgan fingerprint density at radius 2 is 1.89 bits per heavy atom. The smallest absolute Gasteiger partial charge is 0.338 e. The highest BCUT2D eigenvalue weighted by molar-refractivity contribution is 5.89. The Balaban J connectivity index is 2.56. The second-order valence-electron chi connectivity index (χ2n) is 4.44. The summed E-state index contributed by atoms with van der Waals surface area (Å²) in [4.78, 5) is 11.5. The van der Waals surface area contributed by atoms with Crippen LogP contribution in [0.2, 0.25) is 0 Å². The molecule has 0 aromatic heterocycles. The fraction of sp³-hybridized carbons (Fsp3) is 0.533. The number of benzene rings is 1. The van der Waals surface area contributed by atoms with E-state index in [1.165, 1.54) is 12.8 Å². The highest BCUT2D eigenvalue weighted by atomic mass is 16.5. The maximum Gasteiger partial charge on any atom is 0.338 e. The fourth-order valence-electron chi connectivity index (χ4n) is 1.86. The Bertz CT molecular complexity index is 359. The van der Waals surface area contributed by atoms with Crippen LogP contribution < -0.4 is 5.73 Å². The highest BCUT2D eigenvalue weighted by Crippen LogP contribution is 2.18. The number of ether oxygens (including phenoxy) is 1. The zero-order chi connectivity index (χ0) is 13.4. The van der Waals surface area contributed by atoms with Crippen LogP contribution in [0, 0.1) is 0 Å². The average molecular weight is 249 g/mol. The van der Waals surface area contributed by atoms with Gasteiger partial charge in [0.15, 0.2) is 0 Å². The van der Waals surface area contributed by atoms with Gasteiger partial charge in [0.2, 0.25) is 0 Å². The molecule has 0 heterocycles. The second kappa shape index (κ2) is 7.88. The van der Waals surface area contributed by atoms with Gasteiger partial charge in [-0.05, 0) is 31.0 Å². The largest absolute Gasteiger partial charge is 0.462 e. The van der Waals surface area contributed by atoms with E-state index < -0.39 is 0 Å². The molecule has 0 aliphatic carbocycles. The van der Waals surface area contributed by atoms with E-state index in [0.717, 1.165) is 18.4 Å². The summed E-state index contributed by atoms with van der Waals surface area (Å²) < 4.78 is 4.94. The fourth-order valence-corrected chi connectivity index (χ4v) is 1.86. The van der Waals surface area contributed by atoms with Crippen molar-refractivity contribution in [2.45, 2.75) is 45.6 Å². The Morgan fingerprint density at radius 3 is 2.44 bits per heavy atom. The summed E-state index contributed by atoms with van der Waals surface area (Å²) in [6.45, 7) is 4.38. The Morgan fingerprint density at radius 1 is 1.22 bits per heavy atom. The molecule has 3 heteroatoms. The van der Waals surface area contributed by atoms with Crippen LogP contribution in [0.15, 0.2) is 24.3 Å². The number of esters is 1. The minimum atomic E-state index is -0.274. The van der Waals surface area contributed by atoms with Gasteiger partial charge in [0.25, 0.3) is 0 Å². The Hall–Kier alpha value is -1.35.